The van der Waals surface area contributed by atoms with E-state index in [1.807, 2.05) is 19.1 Å². The van der Waals surface area contributed by atoms with Crippen molar-refractivity contribution in [2.24, 2.45) is 17.8 Å². The van der Waals surface area contributed by atoms with Crippen LogP contribution in [0, 0.1) is 29.6 Å². The van der Waals surface area contributed by atoms with Gasteiger partial charge in [0.2, 0.25) is 0 Å². The van der Waals surface area contributed by atoms with Crippen molar-refractivity contribution in [3.8, 4) is 11.8 Å². The van der Waals surface area contributed by atoms with Gasteiger partial charge in [0.05, 0.1) is 18.1 Å². The lowest BCUT2D eigenvalue weighted by atomic mass is 9.90. The number of esters is 2. The normalized spacial score (nSPS) is 28.2. The Hall–Kier alpha value is -2.58. The van der Waals surface area contributed by atoms with E-state index in [9.17, 15) is 14.7 Å². The molecule has 5 nitrogen and oxygen atoms in total. The molecule has 1 aromatic rings. The van der Waals surface area contributed by atoms with Gasteiger partial charge >= 0.3 is 11.9 Å². The van der Waals surface area contributed by atoms with Crippen LogP contribution in [0.25, 0.3) is 0 Å². The zero-order valence-electron chi connectivity index (χ0n) is 16.2. The fourth-order valence-corrected chi connectivity index (χ4v) is 3.89. The Bertz CT molecular complexity index is 788. The average Bonchev–Trinajstić information content (AvgIpc) is 3.20. The van der Waals surface area contributed by atoms with E-state index >= 15 is 0 Å². The zero-order valence-corrected chi connectivity index (χ0v) is 16.2. The first kappa shape index (κ1) is 20.2. The van der Waals surface area contributed by atoms with Gasteiger partial charge in [-0.1, -0.05) is 37.3 Å². The van der Waals surface area contributed by atoms with Gasteiger partial charge in [0.1, 0.15) is 12.2 Å². The lowest BCUT2D eigenvalue weighted by Gasteiger charge is -2.21. The van der Waals surface area contributed by atoms with Crippen LogP contribution in [0.2, 0.25) is 0 Å². The molecule has 2 aliphatic rings. The molecule has 0 aromatic heterocycles. The van der Waals surface area contributed by atoms with Crippen LogP contribution in [0.1, 0.15) is 43.5 Å². The quantitative estimate of drug-likeness (QED) is 0.465. The Morgan fingerprint density at radius 3 is 2.86 bits per heavy atom. The predicted molar refractivity (Wildman–Crippen MR) is 104 cm³/mol. The summed E-state index contributed by atoms with van der Waals surface area (Å²) in [5, 5.41) is 10.4. The summed E-state index contributed by atoms with van der Waals surface area (Å²) in [6, 6.07) is 8.84. The van der Waals surface area contributed by atoms with E-state index < -0.39 is 6.10 Å². The third-order valence-electron chi connectivity index (χ3n) is 5.53. The van der Waals surface area contributed by atoms with Crippen molar-refractivity contribution in [1.29, 1.82) is 0 Å². The molecule has 1 saturated heterocycles. The summed E-state index contributed by atoms with van der Waals surface area (Å²) >= 11 is 0. The highest BCUT2D eigenvalue weighted by atomic mass is 16.6. The van der Waals surface area contributed by atoms with Crippen LogP contribution in [0.4, 0.5) is 0 Å². The third-order valence-corrected chi connectivity index (χ3v) is 5.53. The number of hydrogen-bond acceptors (Lipinski definition) is 5. The molecule has 1 saturated carbocycles. The standard InChI is InChI=1S/C23H26O5/c1-3-4-8-15(2)19(24)12-11-17-18-13-22(25)27-21(18)14-20(17)28-23(26)16-9-6-5-7-10-16/h5-7,9-12,15,17-21,24H,8,13-14H2,1-2H3/b12-11+/t15-,17+,18+,19+,20+,21-/m0/s1. The summed E-state index contributed by atoms with van der Waals surface area (Å²) in [5.41, 5.74) is 0.492. The number of rotatable bonds is 6. The molecule has 28 heavy (non-hydrogen) atoms. The third kappa shape index (κ3) is 4.63. The van der Waals surface area contributed by atoms with Gasteiger partial charge < -0.3 is 14.6 Å². The molecule has 0 amide bonds. The minimum Gasteiger partial charge on any atom is -0.462 e. The van der Waals surface area contributed by atoms with Crippen molar-refractivity contribution in [1.82, 2.24) is 0 Å². The van der Waals surface area contributed by atoms with Crippen molar-refractivity contribution in [3.63, 3.8) is 0 Å². The van der Waals surface area contributed by atoms with E-state index in [4.69, 9.17) is 9.47 Å². The maximum Gasteiger partial charge on any atom is 0.338 e. The Kier molecular flexibility index (Phi) is 6.53. The highest BCUT2D eigenvalue weighted by Gasteiger charge is 2.50. The van der Waals surface area contributed by atoms with Crippen molar-refractivity contribution < 1.29 is 24.2 Å². The molecule has 1 N–H and O–H groups in total. The van der Waals surface area contributed by atoms with E-state index in [0.29, 0.717) is 24.8 Å². The van der Waals surface area contributed by atoms with Crippen molar-refractivity contribution in [2.75, 3.05) is 0 Å². The Morgan fingerprint density at radius 1 is 1.39 bits per heavy atom. The van der Waals surface area contributed by atoms with Crippen LogP contribution in [0.3, 0.4) is 0 Å². The Morgan fingerprint density at radius 2 is 2.14 bits per heavy atom. The van der Waals surface area contributed by atoms with Crippen molar-refractivity contribution >= 4 is 11.9 Å². The van der Waals surface area contributed by atoms with Gasteiger partial charge in [-0.15, -0.1) is 11.8 Å². The summed E-state index contributed by atoms with van der Waals surface area (Å²) in [6.07, 6.45) is 3.75. The molecule has 2 fully saturated rings. The molecule has 1 heterocycles. The SMILES string of the molecule is CC#CC[C@H](C)[C@H](O)/C=C/[C@@H]1[C@H]2CC(=O)O[C@H]2C[C@H]1OC(=O)c1ccccc1. The number of aliphatic hydroxyl groups excluding tert-OH is 1. The smallest absolute Gasteiger partial charge is 0.338 e. The molecule has 3 rings (SSSR count). The van der Waals surface area contributed by atoms with Gasteiger partial charge in [-0.2, -0.15) is 0 Å². The maximum absolute atomic E-state index is 12.5. The number of aliphatic hydroxyl groups is 1. The van der Waals surface area contributed by atoms with Crippen LogP contribution in [-0.2, 0) is 14.3 Å². The van der Waals surface area contributed by atoms with Gasteiger partial charge in [0, 0.05) is 24.7 Å². The number of fused-ring (bicyclic) bond motifs is 1. The van der Waals surface area contributed by atoms with Gasteiger partial charge in [-0.05, 0) is 25.0 Å². The molecule has 0 unspecified atom stereocenters. The first-order valence-corrected chi connectivity index (χ1v) is 9.71. The van der Waals surface area contributed by atoms with E-state index in [0.717, 1.165) is 0 Å². The van der Waals surface area contributed by atoms with E-state index in [1.165, 1.54) is 0 Å². The fraction of sp³-hybridized carbons (Fsp3) is 0.478. The maximum atomic E-state index is 12.5. The number of hydrogen-bond donors (Lipinski definition) is 1. The lowest BCUT2D eigenvalue weighted by molar-refractivity contribution is -0.141. The summed E-state index contributed by atoms with van der Waals surface area (Å²) in [4.78, 5) is 24.2. The zero-order chi connectivity index (χ0) is 20.1. The number of carbonyl (C=O) groups is 2. The van der Waals surface area contributed by atoms with E-state index in [-0.39, 0.29) is 41.9 Å². The summed E-state index contributed by atoms with van der Waals surface area (Å²) in [5.74, 6) is 5.00. The second-order valence-corrected chi connectivity index (χ2v) is 7.50. The lowest BCUT2D eigenvalue weighted by Crippen LogP contribution is -2.25. The molecule has 0 radical (unpaired) electrons. The van der Waals surface area contributed by atoms with Gasteiger partial charge in [0.25, 0.3) is 0 Å². The Labute approximate surface area is 165 Å². The van der Waals surface area contributed by atoms with Crippen molar-refractivity contribution in [2.45, 2.75) is 51.4 Å². The molecule has 0 spiro atoms. The Balaban J connectivity index is 1.71. The highest BCUT2D eigenvalue weighted by molar-refractivity contribution is 5.89. The molecule has 0 bridgehead atoms. The number of ether oxygens (including phenoxy) is 2. The van der Waals surface area contributed by atoms with Crippen LogP contribution >= 0.6 is 0 Å². The molecule has 6 atom stereocenters. The minimum absolute atomic E-state index is 0.00678. The monoisotopic (exact) mass is 382 g/mol. The number of carbonyl (C=O) groups excluding carboxylic acids is 2. The molecule has 1 aliphatic carbocycles. The van der Waals surface area contributed by atoms with E-state index in [2.05, 4.69) is 11.8 Å². The average molecular weight is 382 g/mol. The largest absolute Gasteiger partial charge is 0.462 e. The van der Waals surface area contributed by atoms with Crippen LogP contribution < -0.4 is 0 Å². The number of benzene rings is 1. The first-order valence-electron chi connectivity index (χ1n) is 9.71. The molecule has 5 heteroatoms. The van der Waals surface area contributed by atoms with Crippen LogP contribution in [0.15, 0.2) is 42.5 Å². The second-order valence-electron chi connectivity index (χ2n) is 7.50. The minimum atomic E-state index is -0.650. The van der Waals surface area contributed by atoms with Gasteiger partial charge in [0.15, 0.2) is 0 Å². The predicted octanol–water partition coefficient (Wildman–Crippen LogP) is 3.13. The van der Waals surface area contributed by atoms with E-state index in [1.54, 1.807) is 37.3 Å². The molecule has 1 aromatic carbocycles. The summed E-state index contributed by atoms with van der Waals surface area (Å²) in [7, 11) is 0. The van der Waals surface area contributed by atoms with Crippen LogP contribution in [0.5, 0.6) is 0 Å². The van der Waals surface area contributed by atoms with Gasteiger partial charge in [-0.3, -0.25) is 4.79 Å². The molecular weight excluding hydrogens is 356 g/mol. The van der Waals surface area contributed by atoms with Crippen molar-refractivity contribution in [3.05, 3.63) is 48.0 Å². The topological polar surface area (TPSA) is 72.8 Å². The summed E-state index contributed by atoms with van der Waals surface area (Å²) in [6.45, 7) is 3.71. The van der Waals surface area contributed by atoms with Crippen LogP contribution in [-0.4, -0.2) is 35.4 Å². The molecular formula is C23H26O5. The molecule has 148 valence electrons. The molecule has 1 aliphatic heterocycles. The fourth-order valence-electron chi connectivity index (χ4n) is 3.89. The highest BCUT2D eigenvalue weighted by Crippen LogP contribution is 2.43. The first-order chi connectivity index (χ1) is 13.5. The second kappa shape index (κ2) is 9.07. The van der Waals surface area contributed by atoms with Gasteiger partial charge in [-0.25, -0.2) is 4.79 Å². The summed E-state index contributed by atoms with van der Waals surface area (Å²) < 4.78 is 11.1.